The molecule has 2 N–H and O–H groups in total. The molecule has 0 fully saturated rings. The van der Waals surface area contributed by atoms with Gasteiger partial charge in [-0.2, -0.15) is 0 Å². The number of nitrogens with zero attached hydrogens (tertiary/aromatic N) is 1. The minimum Gasteiger partial charge on any atom is -0.327 e. The largest absolute Gasteiger partial charge is 0.327 e. The van der Waals surface area contributed by atoms with Gasteiger partial charge in [-0.25, -0.2) is 4.98 Å². The van der Waals surface area contributed by atoms with Gasteiger partial charge in [-0.3, -0.25) is 0 Å². The Morgan fingerprint density at radius 3 is 2.60 bits per heavy atom. The molecule has 2 nitrogen and oxygen atoms in total. The van der Waals surface area contributed by atoms with Crippen molar-refractivity contribution in [3.05, 3.63) is 59.3 Å². The number of nitrogens with two attached hydrogens (primary N) is 1. The van der Waals surface area contributed by atoms with Gasteiger partial charge in [0.15, 0.2) is 0 Å². The van der Waals surface area contributed by atoms with Crippen LogP contribution in [0.5, 0.6) is 0 Å². The Morgan fingerprint density at radius 1 is 1.20 bits per heavy atom. The first-order valence-electron chi connectivity index (χ1n) is 7.07. The van der Waals surface area contributed by atoms with Gasteiger partial charge >= 0.3 is 0 Å². The highest BCUT2D eigenvalue weighted by molar-refractivity contribution is 7.98. The summed E-state index contributed by atoms with van der Waals surface area (Å²) in [7, 11) is 0. The maximum atomic E-state index is 5.99. The second-order valence-corrected chi connectivity index (χ2v) is 6.08. The quantitative estimate of drug-likeness (QED) is 0.817. The van der Waals surface area contributed by atoms with E-state index in [9.17, 15) is 0 Å². The molecule has 0 aliphatic rings. The van der Waals surface area contributed by atoms with E-state index in [1.54, 1.807) is 11.8 Å². The van der Waals surface area contributed by atoms with Crippen molar-refractivity contribution in [2.24, 2.45) is 5.73 Å². The third-order valence-electron chi connectivity index (χ3n) is 3.33. The van der Waals surface area contributed by atoms with Crippen molar-refractivity contribution in [2.75, 3.05) is 0 Å². The molecule has 0 spiro atoms. The molecule has 3 heteroatoms. The van der Waals surface area contributed by atoms with Crippen LogP contribution in [0.4, 0.5) is 0 Å². The monoisotopic (exact) mass is 286 g/mol. The number of hydrogen-bond donors (Lipinski definition) is 1. The van der Waals surface area contributed by atoms with Crippen molar-refractivity contribution in [1.82, 2.24) is 4.98 Å². The highest BCUT2D eigenvalue weighted by Crippen LogP contribution is 2.24. The zero-order chi connectivity index (χ0) is 14.4. The lowest BCUT2D eigenvalue weighted by Gasteiger charge is -2.11. The first kappa shape index (κ1) is 15.1. The SMILES string of the molecule is CCC(N)Cc1cnc(SCc2ccccc2)c(C)c1. The summed E-state index contributed by atoms with van der Waals surface area (Å²) in [5.41, 5.74) is 9.80. The van der Waals surface area contributed by atoms with Gasteiger partial charge in [-0.15, -0.1) is 11.8 Å². The maximum Gasteiger partial charge on any atom is 0.0992 e. The molecule has 0 saturated carbocycles. The molecule has 106 valence electrons. The van der Waals surface area contributed by atoms with Gasteiger partial charge in [0, 0.05) is 18.0 Å². The van der Waals surface area contributed by atoms with Crippen LogP contribution in [-0.4, -0.2) is 11.0 Å². The first-order chi connectivity index (χ1) is 9.69. The molecule has 1 unspecified atom stereocenters. The van der Waals surface area contributed by atoms with Crippen molar-refractivity contribution >= 4 is 11.8 Å². The summed E-state index contributed by atoms with van der Waals surface area (Å²) >= 11 is 1.79. The Hall–Kier alpha value is -1.32. The second kappa shape index (κ2) is 7.46. The molecule has 1 atom stereocenters. The Bertz CT molecular complexity index is 540. The summed E-state index contributed by atoms with van der Waals surface area (Å²) in [6.07, 6.45) is 3.88. The van der Waals surface area contributed by atoms with Gasteiger partial charge in [0.1, 0.15) is 0 Å². The zero-order valence-electron chi connectivity index (χ0n) is 12.2. The van der Waals surface area contributed by atoms with E-state index in [1.807, 2.05) is 12.3 Å². The summed E-state index contributed by atoms with van der Waals surface area (Å²) < 4.78 is 0. The molecule has 0 saturated heterocycles. The number of aromatic nitrogens is 1. The molecule has 1 aromatic heterocycles. The summed E-state index contributed by atoms with van der Waals surface area (Å²) in [6, 6.07) is 12.9. The summed E-state index contributed by atoms with van der Waals surface area (Å²) in [5.74, 6) is 0.961. The fourth-order valence-corrected chi connectivity index (χ4v) is 2.97. The molecule has 0 aliphatic heterocycles. The third-order valence-corrected chi connectivity index (χ3v) is 4.51. The minimum atomic E-state index is 0.235. The van der Waals surface area contributed by atoms with Gasteiger partial charge in [0.05, 0.1) is 5.03 Å². The highest BCUT2D eigenvalue weighted by atomic mass is 32.2. The van der Waals surface area contributed by atoms with Crippen LogP contribution in [0.3, 0.4) is 0 Å². The van der Waals surface area contributed by atoms with Crippen molar-refractivity contribution in [3.63, 3.8) is 0 Å². The van der Waals surface area contributed by atoms with Crippen molar-refractivity contribution in [2.45, 2.75) is 43.5 Å². The fraction of sp³-hybridized carbons (Fsp3) is 0.353. The lowest BCUT2D eigenvalue weighted by Crippen LogP contribution is -2.21. The lowest BCUT2D eigenvalue weighted by atomic mass is 10.1. The first-order valence-corrected chi connectivity index (χ1v) is 8.05. The van der Waals surface area contributed by atoms with Crippen LogP contribution >= 0.6 is 11.8 Å². The molecule has 0 aliphatic carbocycles. The molecule has 2 rings (SSSR count). The number of thioether (sulfide) groups is 1. The van der Waals surface area contributed by atoms with Crippen LogP contribution in [0, 0.1) is 6.92 Å². The Kier molecular flexibility index (Phi) is 5.62. The van der Waals surface area contributed by atoms with Crippen LogP contribution in [0.1, 0.15) is 30.0 Å². The predicted octanol–water partition coefficient (Wildman–Crippen LogP) is 3.96. The fourth-order valence-electron chi connectivity index (χ4n) is 2.06. The lowest BCUT2D eigenvalue weighted by molar-refractivity contribution is 0.644. The molecule has 2 aromatic rings. The standard InChI is InChI=1S/C17H22N2S/c1-3-16(18)10-15-9-13(2)17(19-11-15)20-12-14-7-5-4-6-8-14/h4-9,11,16H,3,10,12,18H2,1-2H3. The molecule has 0 radical (unpaired) electrons. The Morgan fingerprint density at radius 2 is 1.95 bits per heavy atom. The molecular formula is C17H22N2S. The summed E-state index contributed by atoms with van der Waals surface area (Å²) in [6.45, 7) is 4.25. The summed E-state index contributed by atoms with van der Waals surface area (Å²) in [5, 5.41) is 1.11. The van der Waals surface area contributed by atoms with E-state index in [2.05, 4.69) is 49.2 Å². The number of benzene rings is 1. The molecule has 1 aromatic carbocycles. The van der Waals surface area contributed by atoms with Crippen LogP contribution < -0.4 is 5.73 Å². The van der Waals surface area contributed by atoms with Crippen LogP contribution in [0.15, 0.2) is 47.6 Å². The summed E-state index contributed by atoms with van der Waals surface area (Å²) in [4.78, 5) is 4.59. The molecular weight excluding hydrogens is 264 g/mol. The normalized spacial score (nSPS) is 12.3. The average Bonchev–Trinajstić information content (AvgIpc) is 2.47. The van der Waals surface area contributed by atoms with Crippen LogP contribution in [0.2, 0.25) is 0 Å². The maximum absolute atomic E-state index is 5.99. The van der Waals surface area contributed by atoms with Crippen molar-refractivity contribution in [3.8, 4) is 0 Å². The number of pyridine rings is 1. The van der Waals surface area contributed by atoms with Gasteiger partial charge < -0.3 is 5.73 Å². The molecule has 1 heterocycles. The minimum absolute atomic E-state index is 0.235. The van der Waals surface area contributed by atoms with E-state index in [4.69, 9.17) is 5.73 Å². The zero-order valence-corrected chi connectivity index (χ0v) is 13.0. The Labute approximate surface area is 125 Å². The van der Waals surface area contributed by atoms with E-state index in [-0.39, 0.29) is 6.04 Å². The predicted molar refractivity (Wildman–Crippen MR) is 86.9 cm³/mol. The number of hydrogen-bond acceptors (Lipinski definition) is 3. The second-order valence-electron chi connectivity index (χ2n) is 5.11. The van der Waals surface area contributed by atoms with E-state index in [0.29, 0.717) is 0 Å². The topological polar surface area (TPSA) is 38.9 Å². The average molecular weight is 286 g/mol. The van der Waals surface area contributed by atoms with E-state index in [1.165, 1.54) is 16.7 Å². The van der Waals surface area contributed by atoms with E-state index < -0.39 is 0 Å². The van der Waals surface area contributed by atoms with Crippen LogP contribution in [-0.2, 0) is 12.2 Å². The smallest absolute Gasteiger partial charge is 0.0992 e. The van der Waals surface area contributed by atoms with Gasteiger partial charge in [0.2, 0.25) is 0 Å². The van der Waals surface area contributed by atoms with E-state index in [0.717, 1.165) is 23.6 Å². The molecule has 20 heavy (non-hydrogen) atoms. The molecule has 0 amide bonds. The van der Waals surface area contributed by atoms with E-state index >= 15 is 0 Å². The van der Waals surface area contributed by atoms with Crippen LogP contribution in [0.25, 0.3) is 0 Å². The Balaban J connectivity index is 1.99. The van der Waals surface area contributed by atoms with Crippen molar-refractivity contribution in [1.29, 1.82) is 0 Å². The van der Waals surface area contributed by atoms with Gasteiger partial charge in [-0.05, 0) is 36.5 Å². The van der Waals surface area contributed by atoms with Crippen molar-refractivity contribution < 1.29 is 0 Å². The third kappa shape index (κ3) is 4.36. The van der Waals surface area contributed by atoms with Gasteiger partial charge in [-0.1, -0.05) is 43.3 Å². The van der Waals surface area contributed by atoms with Gasteiger partial charge in [0.25, 0.3) is 0 Å². The number of aryl methyl sites for hydroxylation is 1. The highest BCUT2D eigenvalue weighted by Gasteiger charge is 2.06. The molecule has 0 bridgehead atoms. The number of rotatable bonds is 6.